The maximum absolute atomic E-state index is 13.6. The summed E-state index contributed by atoms with van der Waals surface area (Å²) < 4.78 is 17.1. The van der Waals surface area contributed by atoms with E-state index in [-0.39, 0.29) is 40.8 Å². The van der Waals surface area contributed by atoms with Crippen LogP contribution in [0.4, 0.5) is 0 Å². The van der Waals surface area contributed by atoms with Crippen molar-refractivity contribution >= 4 is 17.3 Å². The van der Waals surface area contributed by atoms with Gasteiger partial charge in [-0.3, -0.25) is 14.4 Å². The Balaban J connectivity index is 1.67. The Labute approximate surface area is 217 Å². The molecule has 0 saturated carbocycles. The van der Waals surface area contributed by atoms with Gasteiger partial charge in [0.05, 0.1) is 36.0 Å². The predicted molar refractivity (Wildman–Crippen MR) is 130 cm³/mol. The van der Waals surface area contributed by atoms with Crippen LogP contribution < -0.4 is 10.5 Å². The lowest BCUT2D eigenvalue weighted by molar-refractivity contribution is -0.192. The molecule has 0 amide bonds. The van der Waals surface area contributed by atoms with Crippen molar-refractivity contribution in [3.05, 3.63) is 51.6 Å². The van der Waals surface area contributed by atoms with Gasteiger partial charge in [-0.2, -0.15) is 0 Å². The molecule has 0 spiro atoms. The van der Waals surface area contributed by atoms with Gasteiger partial charge in [0.25, 0.3) is 0 Å². The van der Waals surface area contributed by atoms with Crippen molar-refractivity contribution in [2.75, 3.05) is 7.11 Å². The van der Waals surface area contributed by atoms with Gasteiger partial charge in [0.1, 0.15) is 29.0 Å². The molecule has 202 valence electrons. The predicted octanol–water partition coefficient (Wildman–Crippen LogP) is 1.03. The molecule has 38 heavy (non-hydrogen) atoms. The third-order valence-corrected chi connectivity index (χ3v) is 7.72. The minimum Gasteiger partial charge on any atom is -0.507 e. The van der Waals surface area contributed by atoms with Gasteiger partial charge in [-0.15, -0.1) is 0 Å². The second kappa shape index (κ2) is 9.14. The molecule has 6 unspecified atom stereocenters. The van der Waals surface area contributed by atoms with E-state index in [1.54, 1.807) is 0 Å². The van der Waals surface area contributed by atoms with E-state index in [4.69, 9.17) is 19.9 Å². The van der Waals surface area contributed by atoms with Gasteiger partial charge in [0, 0.05) is 42.0 Å². The Morgan fingerprint density at radius 3 is 2.45 bits per heavy atom. The maximum atomic E-state index is 13.6. The van der Waals surface area contributed by atoms with Gasteiger partial charge in [-0.1, -0.05) is 12.1 Å². The number of nitrogens with two attached hydrogens (primary N) is 1. The lowest BCUT2D eigenvalue weighted by atomic mass is 9.72. The first-order chi connectivity index (χ1) is 17.9. The fourth-order valence-electron chi connectivity index (χ4n) is 5.73. The number of benzene rings is 2. The topological polar surface area (TPSA) is 186 Å². The Kier molecular flexibility index (Phi) is 6.32. The molecule has 1 aliphatic heterocycles. The fourth-order valence-corrected chi connectivity index (χ4v) is 5.73. The first-order valence-corrected chi connectivity index (χ1v) is 12.2. The summed E-state index contributed by atoms with van der Waals surface area (Å²) in [7, 11) is 1.34. The Morgan fingerprint density at radius 2 is 1.84 bits per heavy atom. The normalized spacial score (nSPS) is 28.9. The van der Waals surface area contributed by atoms with Crippen molar-refractivity contribution in [2.24, 2.45) is 5.73 Å². The smallest absolute Gasteiger partial charge is 0.202 e. The van der Waals surface area contributed by atoms with Crippen LogP contribution in [0.5, 0.6) is 17.2 Å². The molecule has 5 rings (SSSR count). The Bertz CT molecular complexity index is 1370. The summed E-state index contributed by atoms with van der Waals surface area (Å²) in [6.07, 6.45) is -4.41. The summed E-state index contributed by atoms with van der Waals surface area (Å²) in [4.78, 5) is 39.6. The van der Waals surface area contributed by atoms with Crippen LogP contribution in [0.3, 0.4) is 0 Å². The Morgan fingerprint density at radius 1 is 1.16 bits per heavy atom. The summed E-state index contributed by atoms with van der Waals surface area (Å²) >= 11 is 0. The van der Waals surface area contributed by atoms with Gasteiger partial charge >= 0.3 is 0 Å². The molecule has 0 radical (unpaired) electrons. The van der Waals surface area contributed by atoms with E-state index < -0.39 is 82.6 Å². The van der Waals surface area contributed by atoms with E-state index in [2.05, 4.69) is 0 Å². The first kappa shape index (κ1) is 26.3. The fraction of sp³-hybridized carbons (Fsp3) is 0.444. The van der Waals surface area contributed by atoms with Crippen LogP contribution in [-0.2, 0) is 20.7 Å². The highest BCUT2D eigenvalue weighted by molar-refractivity contribution is 6.31. The molecule has 2 aromatic rings. The highest BCUT2D eigenvalue weighted by Crippen LogP contribution is 2.52. The molecule has 1 heterocycles. The molecule has 6 atom stereocenters. The molecule has 0 aromatic heterocycles. The number of fused-ring (bicyclic) bond motifs is 3. The number of Topliss-reactive ketones (excluding diaryl/α,β-unsaturated/α-hetero) is 1. The van der Waals surface area contributed by atoms with Crippen LogP contribution in [0.25, 0.3) is 0 Å². The summed E-state index contributed by atoms with van der Waals surface area (Å²) in [5.74, 6) is -3.17. The summed E-state index contributed by atoms with van der Waals surface area (Å²) in [5.41, 5.74) is 3.04. The molecule has 11 nitrogen and oxygen atoms in total. The summed E-state index contributed by atoms with van der Waals surface area (Å²) in [5, 5.41) is 43.9. The van der Waals surface area contributed by atoms with E-state index in [9.17, 15) is 34.8 Å². The average molecular weight is 528 g/mol. The number of aliphatic hydroxyl groups is 2. The van der Waals surface area contributed by atoms with Crippen molar-refractivity contribution in [2.45, 2.75) is 69.4 Å². The van der Waals surface area contributed by atoms with Gasteiger partial charge < -0.3 is 40.4 Å². The number of ether oxygens (including phenoxy) is 3. The van der Waals surface area contributed by atoms with Crippen LogP contribution in [0, 0.1) is 0 Å². The van der Waals surface area contributed by atoms with E-state index in [1.165, 1.54) is 39.2 Å². The largest absolute Gasteiger partial charge is 0.507 e. The molecule has 1 saturated heterocycles. The van der Waals surface area contributed by atoms with Gasteiger partial charge in [0.15, 0.2) is 17.9 Å². The van der Waals surface area contributed by atoms with Crippen molar-refractivity contribution in [1.82, 2.24) is 0 Å². The number of carbonyl (C=O) groups is 3. The first-order valence-electron chi connectivity index (χ1n) is 12.2. The van der Waals surface area contributed by atoms with E-state index in [1.807, 2.05) is 0 Å². The molecular weight excluding hydrogens is 498 g/mol. The van der Waals surface area contributed by atoms with Crippen molar-refractivity contribution in [1.29, 1.82) is 0 Å². The second-order valence-electron chi connectivity index (χ2n) is 10.1. The third-order valence-electron chi connectivity index (χ3n) is 7.72. The number of phenolic OH excluding ortho intramolecular Hbond substituents is 2. The number of methoxy groups -OCH3 is 1. The third kappa shape index (κ3) is 3.81. The van der Waals surface area contributed by atoms with Crippen LogP contribution in [0.1, 0.15) is 75.8 Å². The molecular formula is C27H29NO10. The number of aromatic hydroxyl groups is 2. The van der Waals surface area contributed by atoms with Crippen LogP contribution in [-0.4, -0.2) is 75.0 Å². The Hall–Kier alpha value is -3.35. The van der Waals surface area contributed by atoms with E-state index >= 15 is 0 Å². The van der Waals surface area contributed by atoms with Crippen LogP contribution in [0.15, 0.2) is 18.2 Å². The molecule has 3 aliphatic rings. The molecule has 2 aromatic carbocycles. The summed E-state index contributed by atoms with van der Waals surface area (Å²) in [6.45, 7) is 2.70. The lowest BCUT2D eigenvalue weighted by Crippen LogP contribution is -2.45. The van der Waals surface area contributed by atoms with E-state index in [0.717, 1.165) is 0 Å². The molecule has 0 bridgehead atoms. The molecule has 6 N–H and O–H groups in total. The lowest BCUT2D eigenvalue weighted by Gasteiger charge is -2.39. The van der Waals surface area contributed by atoms with E-state index in [0.29, 0.717) is 0 Å². The maximum Gasteiger partial charge on any atom is 0.202 e. The number of hydrogen-bond donors (Lipinski definition) is 5. The number of phenols is 2. The van der Waals surface area contributed by atoms with Crippen molar-refractivity contribution in [3.63, 3.8) is 0 Å². The van der Waals surface area contributed by atoms with Gasteiger partial charge in [-0.25, -0.2) is 0 Å². The average Bonchev–Trinajstić information content (AvgIpc) is 3.23. The zero-order valence-corrected chi connectivity index (χ0v) is 21.1. The highest BCUT2D eigenvalue weighted by Gasteiger charge is 2.49. The number of carbonyl (C=O) groups excluding carboxylic acids is 3. The monoisotopic (exact) mass is 527 g/mol. The molecule has 11 heteroatoms. The second-order valence-corrected chi connectivity index (χ2v) is 10.1. The van der Waals surface area contributed by atoms with Gasteiger partial charge in [0.2, 0.25) is 5.78 Å². The van der Waals surface area contributed by atoms with Crippen molar-refractivity contribution < 1.29 is 49.0 Å². The quantitative estimate of drug-likeness (QED) is 0.298. The number of ketones is 3. The van der Waals surface area contributed by atoms with Crippen LogP contribution in [0.2, 0.25) is 0 Å². The standard InChI is InChI=1S/C27H29NO10/c1-10(29)26-14(28)7-17(38-26)37-16-9-27(35,11(2)30)8-13-19(16)25(34)21-20(23(13)32)22(31)12-5-4-6-15(36-3)18(12)24(21)33/h4-6,10,14,16-17,26,29,32,34-35H,7-9,28H2,1-3H3. The SMILES string of the molecule is COc1cccc2c1C(=O)c1c(O)c3c(c(O)c1C2=O)CC(O)(C(C)=O)CC3OC1CC(N)C(C(C)O)O1. The summed E-state index contributed by atoms with van der Waals surface area (Å²) in [6, 6.07) is 3.87. The highest BCUT2D eigenvalue weighted by atomic mass is 16.7. The number of hydrogen-bond acceptors (Lipinski definition) is 11. The zero-order valence-electron chi connectivity index (χ0n) is 21.1. The molecule has 1 fully saturated rings. The minimum absolute atomic E-state index is 0.0144. The zero-order chi connectivity index (χ0) is 27.7. The molecule has 2 aliphatic carbocycles. The van der Waals surface area contributed by atoms with Gasteiger partial charge in [-0.05, 0) is 19.9 Å². The minimum atomic E-state index is -2.00. The number of rotatable bonds is 5. The van der Waals surface area contributed by atoms with Crippen molar-refractivity contribution in [3.8, 4) is 17.2 Å². The van der Waals surface area contributed by atoms with Crippen LogP contribution >= 0.6 is 0 Å². The number of aliphatic hydroxyl groups excluding tert-OH is 1.